The predicted octanol–water partition coefficient (Wildman–Crippen LogP) is 2.05. The molecule has 0 aliphatic carbocycles. The minimum atomic E-state index is -0.0122. The van der Waals surface area contributed by atoms with E-state index in [-0.39, 0.29) is 12.5 Å². The number of carbonyl (C=O) groups excluding carboxylic acids is 1. The first-order valence-electron chi connectivity index (χ1n) is 5.94. The number of likely N-dealkylation sites (N-methyl/N-ethyl adjacent to an activating group) is 1. The minimum absolute atomic E-state index is 0.0122. The Balaban J connectivity index is 2.51. The number of rotatable bonds is 3. The standard InChI is InChI=1S/C13H14N4OS/c1-3-16(2)11(18)8-17-10-6-4-5-9(7-14)12(10)15-13(17)19/h4-6H,3,8H2,1-2H3,(H,15,19). The monoisotopic (exact) mass is 274 g/mol. The Labute approximate surface area is 116 Å². The molecule has 1 N–H and O–H groups in total. The Bertz CT molecular complexity index is 722. The Morgan fingerprint density at radius 3 is 2.95 bits per heavy atom. The van der Waals surface area contributed by atoms with Crippen LogP contribution in [0.15, 0.2) is 18.2 Å². The lowest BCUT2D eigenvalue weighted by Gasteiger charge is -2.14. The van der Waals surface area contributed by atoms with Crippen molar-refractivity contribution in [2.75, 3.05) is 13.6 Å². The van der Waals surface area contributed by atoms with E-state index in [2.05, 4.69) is 11.1 Å². The van der Waals surface area contributed by atoms with Crippen LogP contribution in [0.1, 0.15) is 12.5 Å². The number of para-hydroxylation sites is 1. The molecule has 19 heavy (non-hydrogen) atoms. The first-order chi connectivity index (χ1) is 9.08. The number of benzene rings is 1. The van der Waals surface area contributed by atoms with Gasteiger partial charge in [0.2, 0.25) is 5.91 Å². The second kappa shape index (κ2) is 5.24. The zero-order valence-electron chi connectivity index (χ0n) is 10.8. The molecule has 5 nitrogen and oxygen atoms in total. The maximum Gasteiger partial charge on any atom is 0.242 e. The molecule has 0 fully saturated rings. The molecule has 6 heteroatoms. The SMILES string of the molecule is CCN(C)C(=O)Cn1c(=S)[nH]c2c(C#N)cccc21. The number of hydrogen-bond donors (Lipinski definition) is 1. The molecular formula is C13H14N4OS. The number of fused-ring (bicyclic) bond motifs is 1. The average Bonchev–Trinajstić information content (AvgIpc) is 2.74. The summed E-state index contributed by atoms with van der Waals surface area (Å²) in [6, 6.07) is 7.47. The molecule has 0 atom stereocenters. The number of H-pyrrole nitrogens is 1. The van der Waals surface area contributed by atoms with Gasteiger partial charge in [0.1, 0.15) is 12.6 Å². The summed E-state index contributed by atoms with van der Waals surface area (Å²) in [4.78, 5) is 16.6. The smallest absolute Gasteiger partial charge is 0.242 e. The lowest BCUT2D eigenvalue weighted by Crippen LogP contribution is -2.29. The number of nitrogens with zero attached hydrogens (tertiary/aromatic N) is 3. The number of aromatic amines is 1. The summed E-state index contributed by atoms with van der Waals surface area (Å²) >= 11 is 5.23. The van der Waals surface area contributed by atoms with Crippen LogP contribution >= 0.6 is 12.2 Å². The molecule has 0 radical (unpaired) electrons. The Kier molecular flexibility index (Phi) is 3.67. The van der Waals surface area contributed by atoms with Crippen molar-refractivity contribution in [3.63, 3.8) is 0 Å². The fourth-order valence-corrected chi connectivity index (χ4v) is 2.13. The van der Waals surface area contributed by atoms with Gasteiger partial charge >= 0.3 is 0 Å². The highest BCUT2D eigenvalue weighted by molar-refractivity contribution is 7.71. The van der Waals surface area contributed by atoms with Crippen molar-refractivity contribution >= 4 is 29.2 Å². The topological polar surface area (TPSA) is 64.8 Å². The van der Waals surface area contributed by atoms with Gasteiger partial charge in [-0.25, -0.2) is 0 Å². The quantitative estimate of drug-likeness (QED) is 0.871. The molecule has 0 spiro atoms. The van der Waals surface area contributed by atoms with Crippen molar-refractivity contribution in [2.24, 2.45) is 0 Å². The molecule has 0 saturated carbocycles. The summed E-state index contributed by atoms with van der Waals surface area (Å²) in [6.07, 6.45) is 0. The number of aromatic nitrogens is 2. The van der Waals surface area contributed by atoms with E-state index in [4.69, 9.17) is 17.5 Å². The van der Waals surface area contributed by atoms with Gasteiger partial charge in [-0.1, -0.05) is 6.07 Å². The van der Waals surface area contributed by atoms with Gasteiger partial charge in [0.15, 0.2) is 4.77 Å². The average molecular weight is 274 g/mol. The Morgan fingerprint density at radius 1 is 1.58 bits per heavy atom. The van der Waals surface area contributed by atoms with Crippen LogP contribution in [0, 0.1) is 16.1 Å². The molecule has 0 bridgehead atoms. The summed E-state index contributed by atoms with van der Waals surface area (Å²) in [5, 5.41) is 9.06. The number of nitriles is 1. The van der Waals surface area contributed by atoms with Crippen LogP contribution in [0.5, 0.6) is 0 Å². The highest BCUT2D eigenvalue weighted by Crippen LogP contribution is 2.18. The van der Waals surface area contributed by atoms with Crippen LogP contribution in [-0.4, -0.2) is 34.0 Å². The third-order valence-electron chi connectivity index (χ3n) is 3.12. The number of imidazole rings is 1. The van der Waals surface area contributed by atoms with Gasteiger partial charge in [-0.15, -0.1) is 0 Å². The van der Waals surface area contributed by atoms with Gasteiger partial charge in [0, 0.05) is 13.6 Å². The molecule has 1 heterocycles. The van der Waals surface area contributed by atoms with Gasteiger partial charge in [-0.3, -0.25) is 4.79 Å². The van der Waals surface area contributed by atoms with Gasteiger partial charge in [-0.05, 0) is 31.3 Å². The van der Waals surface area contributed by atoms with E-state index >= 15 is 0 Å². The highest BCUT2D eigenvalue weighted by atomic mass is 32.1. The van der Waals surface area contributed by atoms with Crippen LogP contribution in [0.2, 0.25) is 0 Å². The maximum absolute atomic E-state index is 12.0. The highest BCUT2D eigenvalue weighted by Gasteiger charge is 2.13. The van der Waals surface area contributed by atoms with Crippen LogP contribution in [0.3, 0.4) is 0 Å². The van der Waals surface area contributed by atoms with Crippen molar-refractivity contribution in [3.8, 4) is 6.07 Å². The zero-order valence-corrected chi connectivity index (χ0v) is 11.6. The van der Waals surface area contributed by atoms with Crippen molar-refractivity contribution in [2.45, 2.75) is 13.5 Å². The largest absolute Gasteiger partial charge is 0.344 e. The third-order valence-corrected chi connectivity index (χ3v) is 3.45. The van der Waals surface area contributed by atoms with Crippen LogP contribution in [0.25, 0.3) is 11.0 Å². The van der Waals surface area contributed by atoms with E-state index in [0.29, 0.717) is 22.4 Å². The van der Waals surface area contributed by atoms with Crippen molar-refractivity contribution in [1.82, 2.24) is 14.5 Å². The normalized spacial score (nSPS) is 10.4. The summed E-state index contributed by atoms with van der Waals surface area (Å²) in [7, 11) is 1.75. The minimum Gasteiger partial charge on any atom is -0.344 e. The Morgan fingerprint density at radius 2 is 2.32 bits per heavy atom. The molecule has 1 aromatic heterocycles. The zero-order chi connectivity index (χ0) is 14.0. The summed E-state index contributed by atoms with van der Waals surface area (Å²) < 4.78 is 2.18. The predicted molar refractivity (Wildman–Crippen MR) is 75.1 cm³/mol. The summed E-state index contributed by atoms with van der Waals surface area (Å²) in [5.41, 5.74) is 1.99. The molecule has 0 aliphatic heterocycles. The molecule has 2 aromatic rings. The van der Waals surface area contributed by atoms with Crippen molar-refractivity contribution < 1.29 is 4.79 Å². The van der Waals surface area contributed by atoms with Crippen LogP contribution in [-0.2, 0) is 11.3 Å². The lowest BCUT2D eigenvalue weighted by atomic mass is 10.2. The van der Waals surface area contributed by atoms with Crippen LogP contribution in [0.4, 0.5) is 0 Å². The molecular weight excluding hydrogens is 260 g/mol. The van der Waals surface area contributed by atoms with Gasteiger partial charge in [0.25, 0.3) is 0 Å². The number of amides is 1. The molecule has 1 aromatic carbocycles. The van der Waals surface area contributed by atoms with Crippen molar-refractivity contribution in [1.29, 1.82) is 5.26 Å². The summed E-state index contributed by atoms with van der Waals surface area (Å²) in [6.45, 7) is 2.75. The molecule has 98 valence electrons. The van der Waals surface area contributed by atoms with E-state index in [9.17, 15) is 4.79 Å². The van der Waals surface area contributed by atoms with E-state index in [1.54, 1.807) is 28.6 Å². The molecule has 0 saturated heterocycles. The number of hydrogen-bond acceptors (Lipinski definition) is 3. The second-order valence-corrected chi connectivity index (χ2v) is 4.62. The number of nitrogens with one attached hydrogen (secondary N) is 1. The van der Waals surface area contributed by atoms with E-state index in [1.807, 2.05) is 13.0 Å². The Hall–Kier alpha value is -2.13. The third kappa shape index (κ3) is 2.37. The first-order valence-corrected chi connectivity index (χ1v) is 6.35. The van der Waals surface area contributed by atoms with E-state index in [0.717, 1.165) is 5.52 Å². The first kappa shape index (κ1) is 13.3. The lowest BCUT2D eigenvalue weighted by molar-refractivity contribution is -0.130. The van der Waals surface area contributed by atoms with E-state index in [1.165, 1.54) is 0 Å². The molecule has 1 amide bonds. The fraction of sp³-hybridized carbons (Fsp3) is 0.308. The number of carbonyl (C=O) groups is 1. The molecule has 0 unspecified atom stereocenters. The molecule has 0 aliphatic rings. The van der Waals surface area contributed by atoms with Gasteiger partial charge < -0.3 is 14.5 Å². The second-order valence-electron chi connectivity index (χ2n) is 4.24. The van der Waals surface area contributed by atoms with Gasteiger partial charge in [0.05, 0.1) is 16.6 Å². The fourth-order valence-electron chi connectivity index (χ4n) is 1.86. The van der Waals surface area contributed by atoms with E-state index < -0.39 is 0 Å². The summed E-state index contributed by atoms with van der Waals surface area (Å²) in [5.74, 6) is -0.0122. The maximum atomic E-state index is 12.0. The molecule has 2 rings (SSSR count). The van der Waals surface area contributed by atoms with Gasteiger partial charge in [-0.2, -0.15) is 5.26 Å². The van der Waals surface area contributed by atoms with Crippen molar-refractivity contribution in [3.05, 3.63) is 28.5 Å². The van der Waals surface area contributed by atoms with Crippen LogP contribution < -0.4 is 0 Å².